The van der Waals surface area contributed by atoms with E-state index in [1.165, 1.54) is 6.07 Å². The molecule has 1 aromatic rings. The van der Waals surface area contributed by atoms with Gasteiger partial charge in [-0.3, -0.25) is 9.59 Å². The first-order valence-electron chi connectivity index (χ1n) is 6.57. The third-order valence-electron chi connectivity index (χ3n) is 3.24. The molecule has 1 aliphatic heterocycles. The van der Waals surface area contributed by atoms with E-state index in [0.717, 1.165) is 25.7 Å². The number of carbonyl (C=O) groups is 2. The lowest BCUT2D eigenvalue weighted by atomic mass is 10.2. The molecule has 1 fully saturated rings. The smallest absolute Gasteiger partial charge is 0.314 e. The number of rotatable bonds is 1. The Morgan fingerprint density at radius 2 is 1.68 bits per heavy atom. The number of nitrogens with one attached hydrogen (secondary N) is 1. The molecule has 1 saturated heterocycles. The Bertz CT molecular complexity index is 466. The molecule has 102 valence electrons. The van der Waals surface area contributed by atoms with Crippen LogP contribution in [0.15, 0.2) is 24.3 Å². The van der Waals surface area contributed by atoms with Crippen LogP contribution < -0.4 is 5.32 Å². The third kappa shape index (κ3) is 3.47. The Morgan fingerprint density at radius 1 is 1.05 bits per heavy atom. The monoisotopic (exact) mass is 262 g/mol. The summed E-state index contributed by atoms with van der Waals surface area (Å²) in [5, 5.41) is 12.0. The first kappa shape index (κ1) is 13.4. The molecule has 1 aliphatic rings. The van der Waals surface area contributed by atoms with E-state index in [-0.39, 0.29) is 11.4 Å². The van der Waals surface area contributed by atoms with Crippen molar-refractivity contribution in [2.45, 2.75) is 25.7 Å². The summed E-state index contributed by atoms with van der Waals surface area (Å²) in [4.78, 5) is 25.4. The third-order valence-corrected chi connectivity index (χ3v) is 3.24. The van der Waals surface area contributed by atoms with Gasteiger partial charge >= 0.3 is 11.8 Å². The van der Waals surface area contributed by atoms with Gasteiger partial charge in [-0.25, -0.2) is 0 Å². The highest BCUT2D eigenvalue weighted by Gasteiger charge is 2.23. The molecule has 1 heterocycles. The normalized spacial score (nSPS) is 15.7. The number of anilines is 1. The summed E-state index contributed by atoms with van der Waals surface area (Å²) in [5.41, 5.74) is 0.260. The standard InChI is InChI=1S/C14H18N2O3/c17-12-8-4-3-7-11(12)15-13(18)14(19)16-9-5-1-2-6-10-16/h3-4,7-8,17H,1-2,5-6,9-10H2,(H,15,18). The molecule has 0 unspecified atom stereocenters. The van der Waals surface area contributed by atoms with Gasteiger partial charge in [0.05, 0.1) is 5.69 Å². The number of carbonyl (C=O) groups excluding carboxylic acids is 2. The molecule has 0 radical (unpaired) electrons. The van der Waals surface area contributed by atoms with Gasteiger partial charge in [0.2, 0.25) is 0 Å². The molecule has 2 rings (SSSR count). The van der Waals surface area contributed by atoms with Gasteiger partial charge in [-0.1, -0.05) is 25.0 Å². The van der Waals surface area contributed by atoms with Crippen LogP contribution in [0.1, 0.15) is 25.7 Å². The van der Waals surface area contributed by atoms with Crippen LogP contribution >= 0.6 is 0 Å². The number of hydrogen-bond donors (Lipinski definition) is 2. The van der Waals surface area contributed by atoms with Crippen LogP contribution in [-0.2, 0) is 9.59 Å². The van der Waals surface area contributed by atoms with Crippen molar-refractivity contribution in [3.63, 3.8) is 0 Å². The van der Waals surface area contributed by atoms with Gasteiger partial charge in [0.25, 0.3) is 0 Å². The highest BCUT2D eigenvalue weighted by Crippen LogP contribution is 2.21. The fourth-order valence-corrected chi connectivity index (χ4v) is 2.17. The van der Waals surface area contributed by atoms with E-state index in [1.807, 2.05) is 0 Å². The van der Waals surface area contributed by atoms with Crippen molar-refractivity contribution >= 4 is 17.5 Å². The van der Waals surface area contributed by atoms with Crippen LogP contribution in [0.25, 0.3) is 0 Å². The predicted octanol–water partition coefficient (Wildman–Crippen LogP) is 1.73. The van der Waals surface area contributed by atoms with E-state index in [4.69, 9.17) is 0 Å². The molecule has 19 heavy (non-hydrogen) atoms. The summed E-state index contributed by atoms with van der Waals surface area (Å²) in [6.45, 7) is 1.26. The molecule has 1 aromatic carbocycles. The summed E-state index contributed by atoms with van der Waals surface area (Å²) >= 11 is 0. The topological polar surface area (TPSA) is 69.6 Å². The fourth-order valence-electron chi connectivity index (χ4n) is 2.17. The van der Waals surface area contributed by atoms with Crippen LogP contribution in [0.4, 0.5) is 5.69 Å². The van der Waals surface area contributed by atoms with Crippen molar-refractivity contribution in [3.05, 3.63) is 24.3 Å². The van der Waals surface area contributed by atoms with Gasteiger partial charge in [-0.05, 0) is 25.0 Å². The molecule has 2 N–H and O–H groups in total. The van der Waals surface area contributed by atoms with Gasteiger partial charge in [0.15, 0.2) is 0 Å². The van der Waals surface area contributed by atoms with Crippen LogP contribution in [0.5, 0.6) is 5.75 Å². The average Bonchev–Trinajstić information content (AvgIpc) is 2.69. The number of para-hydroxylation sites is 2. The number of benzene rings is 1. The molecule has 0 spiro atoms. The van der Waals surface area contributed by atoms with E-state index < -0.39 is 11.8 Å². The lowest BCUT2D eigenvalue weighted by Gasteiger charge is -2.19. The Balaban J connectivity index is 1.99. The second-order valence-electron chi connectivity index (χ2n) is 4.68. The van der Waals surface area contributed by atoms with Gasteiger partial charge in [-0.15, -0.1) is 0 Å². The maximum Gasteiger partial charge on any atom is 0.314 e. The Kier molecular flexibility index (Phi) is 4.39. The summed E-state index contributed by atoms with van der Waals surface area (Å²) < 4.78 is 0. The second-order valence-corrected chi connectivity index (χ2v) is 4.68. The maximum atomic E-state index is 12.0. The number of phenolic OH excluding ortho intramolecular Hbond substituents is 1. The van der Waals surface area contributed by atoms with Gasteiger partial charge in [-0.2, -0.15) is 0 Å². The molecule has 0 aliphatic carbocycles. The maximum absolute atomic E-state index is 12.0. The van der Waals surface area contributed by atoms with E-state index in [0.29, 0.717) is 13.1 Å². The minimum absolute atomic E-state index is 0.0421. The Labute approximate surface area is 112 Å². The first-order valence-corrected chi connectivity index (χ1v) is 6.57. The summed E-state index contributed by atoms with van der Waals surface area (Å²) in [6, 6.07) is 6.36. The second kappa shape index (κ2) is 6.22. The zero-order valence-corrected chi connectivity index (χ0v) is 10.8. The van der Waals surface area contributed by atoms with E-state index in [9.17, 15) is 14.7 Å². The quantitative estimate of drug-likeness (QED) is 0.598. The molecular formula is C14H18N2O3. The summed E-state index contributed by atoms with van der Waals surface area (Å²) in [5.74, 6) is -1.26. The minimum Gasteiger partial charge on any atom is -0.506 e. The van der Waals surface area contributed by atoms with Gasteiger partial charge in [0, 0.05) is 13.1 Å². The largest absolute Gasteiger partial charge is 0.506 e. The van der Waals surface area contributed by atoms with Crippen LogP contribution in [0, 0.1) is 0 Å². The SMILES string of the molecule is O=C(Nc1ccccc1O)C(=O)N1CCCCCC1. The molecule has 0 bridgehead atoms. The number of phenols is 1. The molecule has 0 atom stereocenters. The first-order chi connectivity index (χ1) is 9.18. The number of amides is 2. The molecule has 0 aromatic heterocycles. The van der Waals surface area contributed by atoms with E-state index >= 15 is 0 Å². The van der Waals surface area contributed by atoms with Gasteiger partial charge < -0.3 is 15.3 Å². The van der Waals surface area contributed by atoms with Crippen molar-refractivity contribution in [3.8, 4) is 5.75 Å². The van der Waals surface area contributed by atoms with Crippen LogP contribution in [0.3, 0.4) is 0 Å². The highest BCUT2D eigenvalue weighted by molar-refractivity contribution is 6.39. The van der Waals surface area contributed by atoms with Crippen LogP contribution in [-0.4, -0.2) is 34.9 Å². The number of aromatic hydroxyl groups is 1. The average molecular weight is 262 g/mol. The zero-order chi connectivity index (χ0) is 13.7. The minimum atomic E-state index is -0.691. The highest BCUT2D eigenvalue weighted by atomic mass is 16.3. The summed E-state index contributed by atoms with van der Waals surface area (Å²) in [6.07, 6.45) is 4.08. The summed E-state index contributed by atoms with van der Waals surface area (Å²) in [7, 11) is 0. The van der Waals surface area contributed by atoms with E-state index in [2.05, 4.69) is 5.32 Å². The Morgan fingerprint density at radius 3 is 2.32 bits per heavy atom. The Hall–Kier alpha value is -2.04. The van der Waals surface area contributed by atoms with Crippen molar-refractivity contribution in [2.24, 2.45) is 0 Å². The molecular weight excluding hydrogens is 244 g/mol. The lowest BCUT2D eigenvalue weighted by molar-refractivity contribution is -0.143. The molecule has 5 nitrogen and oxygen atoms in total. The molecule has 2 amide bonds. The van der Waals surface area contributed by atoms with Crippen molar-refractivity contribution < 1.29 is 14.7 Å². The lowest BCUT2D eigenvalue weighted by Crippen LogP contribution is -2.40. The van der Waals surface area contributed by atoms with E-state index in [1.54, 1.807) is 23.1 Å². The van der Waals surface area contributed by atoms with Crippen molar-refractivity contribution in [2.75, 3.05) is 18.4 Å². The number of hydrogen-bond acceptors (Lipinski definition) is 3. The molecule has 0 saturated carbocycles. The zero-order valence-electron chi connectivity index (χ0n) is 10.8. The van der Waals surface area contributed by atoms with Crippen molar-refractivity contribution in [1.82, 2.24) is 4.90 Å². The fraction of sp³-hybridized carbons (Fsp3) is 0.429. The molecule has 5 heteroatoms. The number of nitrogens with zero attached hydrogens (tertiary/aromatic N) is 1. The number of likely N-dealkylation sites (tertiary alicyclic amines) is 1. The predicted molar refractivity (Wildman–Crippen MR) is 71.8 cm³/mol. The van der Waals surface area contributed by atoms with Crippen molar-refractivity contribution in [1.29, 1.82) is 0 Å². The van der Waals surface area contributed by atoms with Gasteiger partial charge in [0.1, 0.15) is 5.75 Å². The van der Waals surface area contributed by atoms with Crippen LogP contribution in [0.2, 0.25) is 0 Å².